The first-order chi connectivity index (χ1) is 16.0. The third kappa shape index (κ3) is 4.63. The monoisotopic (exact) mass is 452 g/mol. The van der Waals surface area contributed by atoms with Crippen LogP contribution >= 0.6 is 0 Å². The highest BCUT2D eigenvalue weighted by Crippen LogP contribution is 2.35. The normalized spacial score (nSPS) is 21.1. The molecule has 1 N–H and O–H groups in total. The number of rotatable bonds is 5. The van der Waals surface area contributed by atoms with Crippen LogP contribution in [0, 0.1) is 30.4 Å². The minimum atomic E-state index is -0.417. The van der Waals surface area contributed by atoms with Crippen molar-refractivity contribution in [2.45, 2.75) is 58.3 Å². The maximum absolute atomic E-state index is 14.9. The van der Waals surface area contributed by atoms with E-state index in [0.29, 0.717) is 52.7 Å². The summed E-state index contributed by atoms with van der Waals surface area (Å²) in [6.45, 7) is 3.61. The maximum Gasteiger partial charge on any atom is 0.222 e. The Bertz CT molecular complexity index is 1170. The summed E-state index contributed by atoms with van der Waals surface area (Å²) in [7, 11) is 0. The zero-order valence-electron chi connectivity index (χ0n) is 19.0. The zero-order valence-corrected chi connectivity index (χ0v) is 19.0. The fourth-order valence-corrected chi connectivity index (χ4v) is 5.60. The Morgan fingerprint density at radius 2 is 1.94 bits per heavy atom. The summed E-state index contributed by atoms with van der Waals surface area (Å²) in [4.78, 5) is 26.5. The van der Waals surface area contributed by atoms with E-state index in [9.17, 15) is 13.6 Å². The molecule has 1 aliphatic carbocycles. The van der Waals surface area contributed by atoms with Crippen molar-refractivity contribution in [3.8, 4) is 11.3 Å². The molecule has 5 nitrogen and oxygen atoms in total. The Labute approximate surface area is 192 Å². The number of amides is 1. The van der Waals surface area contributed by atoms with Gasteiger partial charge in [0.15, 0.2) is 0 Å². The summed E-state index contributed by atoms with van der Waals surface area (Å²) in [6.07, 6.45) is 10.4. The third-order valence-corrected chi connectivity index (χ3v) is 7.29. The second-order valence-electron chi connectivity index (χ2n) is 9.73. The fourth-order valence-electron chi connectivity index (χ4n) is 5.60. The number of nitrogens with one attached hydrogen (secondary N) is 1. The minimum Gasteiger partial charge on any atom is -0.345 e. The van der Waals surface area contributed by atoms with Crippen molar-refractivity contribution < 1.29 is 13.6 Å². The van der Waals surface area contributed by atoms with Crippen molar-refractivity contribution >= 4 is 16.9 Å². The summed E-state index contributed by atoms with van der Waals surface area (Å²) < 4.78 is 28.7. The number of aromatic nitrogens is 3. The molecule has 1 aliphatic heterocycles. The van der Waals surface area contributed by atoms with E-state index in [1.807, 2.05) is 11.8 Å². The standard InChI is InChI=1S/C26H30F2N4O/c1-16-9-22(28)23(31-25(16)21-15-30-26-20(21)13-19(27)14-29-26)11-17-5-4-6-18(10-17)12-24(33)32-7-2-3-8-32/h9,13-15,17-18H,2-8,10-12H2,1H3,(H,29,30)/t17?,18-/m1/s1. The fraction of sp³-hybridized carbons (Fsp3) is 0.500. The van der Waals surface area contributed by atoms with Gasteiger partial charge in [-0.2, -0.15) is 0 Å². The molecule has 0 aromatic carbocycles. The molecule has 1 amide bonds. The summed E-state index contributed by atoms with van der Waals surface area (Å²) in [5.74, 6) is 0.248. The third-order valence-electron chi connectivity index (χ3n) is 7.29. The first kappa shape index (κ1) is 22.0. The summed E-state index contributed by atoms with van der Waals surface area (Å²) >= 11 is 0. The molecule has 1 saturated carbocycles. The van der Waals surface area contributed by atoms with Gasteiger partial charge in [0.05, 0.1) is 17.6 Å². The quantitative estimate of drug-likeness (QED) is 0.550. The largest absolute Gasteiger partial charge is 0.345 e. The Morgan fingerprint density at radius 1 is 1.15 bits per heavy atom. The smallest absolute Gasteiger partial charge is 0.222 e. The van der Waals surface area contributed by atoms with Gasteiger partial charge in [0, 0.05) is 36.7 Å². The molecule has 174 valence electrons. The Hall–Kier alpha value is -2.83. The van der Waals surface area contributed by atoms with Crippen molar-refractivity contribution in [3.05, 3.63) is 47.4 Å². The van der Waals surface area contributed by atoms with Crippen LogP contribution in [0.3, 0.4) is 0 Å². The van der Waals surface area contributed by atoms with Gasteiger partial charge in [0.1, 0.15) is 17.3 Å². The summed E-state index contributed by atoms with van der Waals surface area (Å²) in [6, 6.07) is 2.96. The second kappa shape index (κ2) is 9.20. The van der Waals surface area contributed by atoms with Crippen LogP contribution in [-0.4, -0.2) is 38.8 Å². The van der Waals surface area contributed by atoms with Crippen LogP contribution in [-0.2, 0) is 11.2 Å². The molecule has 7 heteroatoms. The van der Waals surface area contributed by atoms with Crippen LogP contribution in [0.2, 0.25) is 0 Å². The van der Waals surface area contributed by atoms with Gasteiger partial charge < -0.3 is 9.88 Å². The van der Waals surface area contributed by atoms with Crippen LogP contribution < -0.4 is 0 Å². The molecule has 2 atom stereocenters. The van der Waals surface area contributed by atoms with E-state index >= 15 is 0 Å². The Kier molecular flexibility index (Phi) is 6.13. The van der Waals surface area contributed by atoms with E-state index in [4.69, 9.17) is 4.98 Å². The van der Waals surface area contributed by atoms with Gasteiger partial charge in [0.2, 0.25) is 5.91 Å². The summed E-state index contributed by atoms with van der Waals surface area (Å²) in [5, 5.41) is 0.640. The van der Waals surface area contributed by atoms with Gasteiger partial charge in [-0.25, -0.2) is 18.7 Å². The average Bonchev–Trinajstić information content (AvgIpc) is 3.46. The highest BCUT2D eigenvalue weighted by Gasteiger charge is 2.28. The van der Waals surface area contributed by atoms with Crippen LogP contribution in [0.1, 0.15) is 56.2 Å². The van der Waals surface area contributed by atoms with Crippen LogP contribution in [0.25, 0.3) is 22.3 Å². The molecule has 4 heterocycles. The van der Waals surface area contributed by atoms with Gasteiger partial charge in [0.25, 0.3) is 0 Å². The number of carbonyl (C=O) groups excluding carboxylic acids is 1. The lowest BCUT2D eigenvalue weighted by atomic mass is 9.77. The molecule has 2 aliphatic rings. The van der Waals surface area contributed by atoms with E-state index in [0.717, 1.165) is 57.2 Å². The predicted octanol–water partition coefficient (Wildman–Crippen LogP) is 5.57. The predicted molar refractivity (Wildman–Crippen MR) is 124 cm³/mol. The first-order valence-corrected chi connectivity index (χ1v) is 12.0. The molecule has 3 aromatic rings. The van der Waals surface area contributed by atoms with Crippen LogP contribution in [0.15, 0.2) is 24.5 Å². The minimum absolute atomic E-state index is 0.278. The first-order valence-electron chi connectivity index (χ1n) is 12.0. The number of halogens is 2. The molecule has 0 radical (unpaired) electrons. The second-order valence-corrected chi connectivity index (χ2v) is 9.73. The Balaban J connectivity index is 1.34. The van der Waals surface area contributed by atoms with E-state index in [1.165, 1.54) is 18.3 Å². The van der Waals surface area contributed by atoms with Crippen molar-refractivity contribution in [3.63, 3.8) is 0 Å². The lowest BCUT2D eigenvalue weighted by Crippen LogP contribution is -2.31. The van der Waals surface area contributed by atoms with Crippen LogP contribution in [0.5, 0.6) is 0 Å². The van der Waals surface area contributed by atoms with Crippen molar-refractivity contribution in [2.24, 2.45) is 11.8 Å². The number of nitrogens with zero attached hydrogens (tertiary/aromatic N) is 3. The molecule has 0 spiro atoms. The molecular weight excluding hydrogens is 422 g/mol. The number of pyridine rings is 2. The average molecular weight is 453 g/mol. The van der Waals surface area contributed by atoms with Crippen molar-refractivity contribution in [1.29, 1.82) is 0 Å². The SMILES string of the molecule is Cc1cc(F)c(CC2CCC[C@@H](CC(=O)N3CCCC3)C2)nc1-c1c[nH]c2ncc(F)cc12. The van der Waals surface area contributed by atoms with Crippen molar-refractivity contribution in [1.82, 2.24) is 19.9 Å². The van der Waals surface area contributed by atoms with Gasteiger partial charge in [-0.05, 0) is 68.6 Å². The van der Waals surface area contributed by atoms with Gasteiger partial charge >= 0.3 is 0 Å². The van der Waals surface area contributed by atoms with E-state index in [1.54, 1.807) is 6.20 Å². The zero-order chi connectivity index (χ0) is 22.9. The molecule has 3 aromatic heterocycles. The van der Waals surface area contributed by atoms with E-state index in [-0.39, 0.29) is 11.7 Å². The number of aromatic amines is 1. The number of hydrogen-bond acceptors (Lipinski definition) is 3. The summed E-state index contributed by atoms with van der Waals surface area (Å²) in [5.41, 5.74) is 3.12. The number of likely N-dealkylation sites (tertiary alicyclic amines) is 1. The Morgan fingerprint density at radius 3 is 2.76 bits per heavy atom. The van der Waals surface area contributed by atoms with Gasteiger partial charge in [-0.3, -0.25) is 4.79 Å². The van der Waals surface area contributed by atoms with Gasteiger partial charge in [-0.15, -0.1) is 0 Å². The maximum atomic E-state index is 14.9. The molecule has 2 fully saturated rings. The molecule has 33 heavy (non-hydrogen) atoms. The lowest BCUT2D eigenvalue weighted by molar-refractivity contribution is -0.131. The van der Waals surface area contributed by atoms with E-state index < -0.39 is 5.82 Å². The number of aryl methyl sites for hydroxylation is 1. The molecular formula is C26H30F2N4O. The number of carbonyl (C=O) groups is 1. The number of hydrogen-bond donors (Lipinski definition) is 1. The molecule has 1 saturated heterocycles. The number of fused-ring (bicyclic) bond motifs is 1. The topological polar surface area (TPSA) is 61.9 Å². The van der Waals surface area contributed by atoms with Gasteiger partial charge in [-0.1, -0.05) is 12.8 Å². The molecule has 1 unspecified atom stereocenters. The number of H-pyrrole nitrogens is 1. The van der Waals surface area contributed by atoms with Crippen LogP contribution in [0.4, 0.5) is 8.78 Å². The molecule has 5 rings (SSSR count). The van der Waals surface area contributed by atoms with Crippen molar-refractivity contribution in [2.75, 3.05) is 13.1 Å². The van der Waals surface area contributed by atoms with E-state index in [2.05, 4.69) is 9.97 Å². The molecule has 0 bridgehead atoms. The highest BCUT2D eigenvalue weighted by molar-refractivity contribution is 5.93. The highest BCUT2D eigenvalue weighted by atomic mass is 19.1. The lowest BCUT2D eigenvalue weighted by Gasteiger charge is -2.30.